The Morgan fingerprint density at radius 3 is 2.96 bits per heavy atom. The molecule has 7 nitrogen and oxygen atoms in total. The van der Waals surface area contributed by atoms with E-state index in [9.17, 15) is 4.79 Å². The summed E-state index contributed by atoms with van der Waals surface area (Å²) in [5.41, 5.74) is 1.09. The molecular formula is C19H24N4O3. The molecule has 2 aliphatic heterocycles. The first kappa shape index (κ1) is 17.1. The molecule has 0 aromatic carbocycles. The molecule has 2 aromatic rings. The molecule has 4 heterocycles. The SMILES string of the molecule is O=C(CCCc1nc(-c2ccncc2)no1)N1CCC[C@]2(CCOC2)C1. The Labute approximate surface area is 152 Å². The van der Waals surface area contributed by atoms with E-state index in [1.165, 1.54) is 6.42 Å². The lowest BCUT2D eigenvalue weighted by atomic mass is 9.79. The van der Waals surface area contributed by atoms with Crippen molar-refractivity contribution in [1.82, 2.24) is 20.0 Å². The van der Waals surface area contributed by atoms with Gasteiger partial charge in [-0.15, -0.1) is 0 Å². The van der Waals surface area contributed by atoms with E-state index in [1.807, 2.05) is 17.0 Å². The molecule has 0 unspecified atom stereocenters. The highest BCUT2D eigenvalue weighted by atomic mass is 16.5. The van der Waals surface area contributed by atoms with Gasteiger partial charge in [-0.2, -0.15) is 4.98 Å². The van der Waals surface area contributed by atoms with Crippen molar-refractivity contribution >= 4 is 5.91 Å². The summed E-state index contributed by atoms with van der Waals surface area (Å²) in [6.07, 6.45) is 8.59. The molecule has 4 rings (SSSR count). The number of nitrogens with zero attached hydrogens (tertiary/aromatic N) is 4. The van der Waals surface area contributed by atoms with Gasteiger partial charge in [0.25, 0.3) is 0 Å². The smallest absolute Gasteiger partial charge is 0.226 e. The van der Waals surface area contributed by atoms with Crippen LogP contribution in [0.4, 0.5) is 0 Å². The molecule has 1 spiro atoms. The van der Waals surface area contributed by atoms with Gasteiger partial charge in [0.2, 0.25) is 17.6 Å². The second-order valence-corrected chi connectivity index (χ2v) is 7.32. The zero-order valence-electron chi connectivity index (χ0n) is 14.9. The van der Waals surface area contributed by atoms with Crippen molar-refractivity contribution in [3.05, 3.63) is 30.4 Å². The maximum atomic E-state index is 12.6. The number of hydrogen-bond donors (Lipinski definition) is 0. The Morgan fingerprint density at radius 2 is 2.15 bits per heavy atom. The standard InChI is InChI=1S/C19H24N4O3/c24-17(23-11-2-7-19(13-23)8-12-25-14-19)4-1-3-16-21-18(22-26-16)15-5-9-20-10-6-15/h5-6,9-10H,1-4,7-8,11-14H2/t19-/m0/s1. The van der Waals surface area contributed by atoms with Gasteiger partial charge in [0.15, 0.2) is 0 Å². The van der Waals surface area contributed by atoms with Crippen molar-refractivity contribution < 1.29 is 14.1 Å². The van der Waals surface area contributed by atoms with Crippen molar-refractivity contribution in [2.45, 2.75) is 38.5 Å². The summed E-state index contributed by atoms with van der Waals surface area (Å²) in [6.45, 7) is 3.35. The zero-order valence-corrected chi connectivity index (χ0v) is 14.9. The average Bonchev–Trinajstić information content (AvgIpc) is 3.32. The molecule has 1 amide bonds. The van der Waals surface area contributed by atoms with E-state index >= 15 is 0 Å². The first-order valence-electron chi connectivity index (χ1n) is 9.33. The number of rotatable bonds is 5. The molecule has 26 heavy (non-hydrogen) atoms. The minimum atomic E-state index is 0.208. The fourth-order valence-electron chi connectivity index (χ4n) is 3.92. The number of ether oxygens (including phenoxy) is 1. The highest BCUT2D eigenvalue weighted by Gasteiger charge is 2.39. The van der Waals surface area contributed by atoms with E-state index in [2.05, 4.69) is 15.1 Å². The van der Waals surface area contributed by atoms with Gasteiger partial charge in [0, 0.05) is 55.9 Å². The number of carbonyl (C=O) groups is 1. The third-order valence-corrected chi connectivity index (χ3v) is 5.39. The number of amides is 1. The quantitative estimate of drug-likeness (QED) is 0.819. The summed E-state index contributed by atoms with van der Waals surface area (Å²) in [4.78, 5) is 23.0. The van der Waals surface area contributed by atoms with E-state index in [0.717, 1.165) is 51.1 Å². The van der Waals surface area contributed by atoms with Crippen LogP contribution in [0.2, 0.25) is 0 Å². The topological polar surface area (TPSA) is 81.3 Å². The molecule has 0 N–H and O–H groups in total. The number of hydrogen-bond acceptors (Lipinski definition) is 6. The fraction of sp³-hybridized carbons (Fsp3) is 0.579. The van der Waals surface area contributed by atoms with Crippen LogP contribution in [0, 0.1) is 5.41 Å². The highest BCUT2D eigenvalue weighted by molar-refractivity contribution is 5.76. The van der Waals surface area contributed by atoms with E-state index in [4.69, 9.17) is 9.26 Å². The summed E-state index contributed by atoms with van der Waals surface area (Å²) in [5, 5.41) is 4.00. The minimum absolute atomic E-state index is 0.208. The average molecular weight is 356 g/mol. The Hall–Kier alpha value is -2.28. The first-order chi connectivity index (χ1) is 12.7. The van der Waals surface area contributed by atoms with E-state index in [0.29, 0.717) is 24.6 Å². The van der Waals surface area contributed by atoms with Gasteiger partial charge < -0.3 is 14.2 Å². The van der Waals surface area contributed by atoms with Gasteiger partial charge in [-0.25, -0.2) is 0 Å². The van der Waals surface area contributed by atoms with Crippen LogP contribution in [-0.4, -0.2) is 52.2 Å². The molecule has 2 aliphatic rings. The molecule has 0 bridgehead atoms. The molecular weight excluding hydrogens is 332 g/mol. The Morgan fingerprint density at radius 1 is 1.27 bits per heavy atom. The molecule has 0 radical (unpaired) electrons. The first-order valence-corrected chi connectivity index (χ1v) is 9.33. The van der Waals surface area contributed by atoms with Gasteiger partial charge in [0.05, 0.1) is 6.61 Å². The summed E-state index contributed by atoms with van der Waals surface area (Å²) in [7, 11) is 0. The van der Waals surface area contributed by atoms with Crippen molar-refractivity contribution in [2.75, 3.05) is 26.3 Å². The summed E-state index contributed by atoms with van der Waals surface area (Å²) in [5.74, 6) is 1.36. The summed E-state index contributed by atoms with van der Waals surface area (Å²) < 4.78 is 10.9. The highest BCUT2D eigenvalue weighted by Crippen LogP contribution is 2.37. The number of aryl methyl sites for hydroxylation is 1. The van der Waals surface area contributed by atoms with Crippen molar-refractivity contribution in [3.8, 4) is 11.4 Å². The maximum Gasteiger partial charge on any atom is 0.226 e. The predicted molar refractivity (Wildman–Crippen MR) is 94.2 cm³/mol. The number of pyridine rings is 1. The van der Waals surface area contributed by atoms with Crippen LogP contribution < -0.4 is 0 Å². The molecule has 0 saturated carbocycles. The number of aromatic nitrogens is 3. The molecule has 2 fully saturated rings. The molecule has 2 saturated heterocycles. The lowest BCUT2D eigenvalue weighted by Crippen LogP contribution is -2.46. The van der Waals surface area contributed by atoms with Crippen LogP contribution in [0.15, 0.2) is 29.0 Å². The molecule has 7 heteroatoms. The molecule has 1 atom stereocenters. The number of piperidine rings is 1. The molecule has 2 aromatic heterocycles. The van der Waals surface area contributed by atoms with Crippen LogP contribution in [0.1, 0.15) is 38.0 Å². The van der Waals surface area contributed by atoms with E-state index in [1.54, 1.807) is 12.4 Å². The summed E-state index contributed by atoms with van der Waals surface area (Å²) in [6, 6.07) is 3.69. The summed E-state index contributed by atoms with van der Waals surface area (Å²) >= 11 is 0. The molecule has 138 valence electrons. The lowest BCUT2D eigenvalue weighted by molar-refractivity contribution is -0.134. The fourth-order valence-corrected chi connectivity index (χ4v) is 3.92. The lowest BCUT2D eigenvalue weighted by Gasteiger charge is -2.39. The second-order valence-electron chi connectivity index (χ2n) is 7.32. The minimum Gasteiger partial charge on any atom is -0.381 e. The number of likely N-dealkylation sites (tertiary alicyclic amines) is 1. The maximum absolute atomic E-state index is 12.6. The van der Waals surface area contributed by atoms with Crippen molar-refractivity contribution in [2.24, 2.45) is 5.41 Å². The predicted octanol–water partition coefficient (Wildman–Crippen LogP) is 2.48. The van der Waals surface area contributed by atoms with Gasteiger partial charge in [-0.1, -0.05) is 5.16 Å². The largest absolute Gasteiger partial charge is 0.381 e. The van der Waals surface area contributed by atoms with Crippen LogP contribution in [0.25, 0.3) is 11.4 Å². The Balaban J connectivity index is 1.27. The molecule has 0 aliphatic carbocycles. The van der Waals surface area contributed by atoms with Gasteiger partial charge in [0.1, 0.15) is 0 Å². The van der Waals surface area contributed by atoms with Crippen molar-refractivity contribution in [1.29, 1.82) is 0 Å². The zero-order chi connectivity index (χ0) is 17.8. The normalized spacial score (nSPS) is 22.8. The monoisotopic (exact) mass is 356 g/mol. The Kier molecular flexibility index (Phi) is 4.97. The van der Waals surface area contributed by atoms with Gasteiger partial charge in [-0.3, -0.25) is 9.78 Å². The van der Waals surface area contributed by atoms with E-state index in [-0.39, 0.29) is 11.3 Å². The van der Waals surface area contributed by atoms with E-state index < -0.39 is 0 Å². The third-order valence-electron chi connectivity index (χ3n) is 5.39. The van der Waals surface area contributed by atoms with Gasteiger partial charge in [-0.05, 0) is 37.8 Å². The van der Waals surface area contributed by atoms with Crippen LogP contribution in [0.5, 0.6) is 0 Å². The second kappa shape index (κ2) is 7.53. The van der Waals surface area contributed by atoms with Gasteiger partial charge >= 0.3 is 0 Å². The Bertz CT molecular complexity index is 740. The van der Waals surface area contributed by atoms with Crippen LogP contribution in [0.3, 0.4) is 0 Å². The van der Waals surface area contributed by atoms with Crippen LogP contribution >= 0.6 is 0 Å². The van der Waals surface area contributed by atoms with Crippen molar-refractivity contribution in [3.63, 3.8) is 0 Å². The third kappa shape index (κ3) is 3.77. The van der Waals surface area contributed by atoms with Crippen LogP contribution in [-0.2, 0) is 16.0 Å². The number of carbonyl (C=O) groups excluding carboxylic acids is 1.